The molecule has 0 fully saturated rings. The van der Waals surface area contributed by atoms with Gasteiger partial charge in [-0.05, 0) is 17.5 Å². The molecule has 0 bridgehead atoms. The first kappa shape index (κ1) is 9.25. The van der Waals surface area contributed by atoms with Crippen molar-refractivity contribution in [1.29, 1.82) is 0 Å². The van der Waals surface area contributed by atoms with Crippen LogP contribution in [-0.2, 0) is 0 Å². The Morgan fingerprint density at radius 2 is 2.14 bits per heavy atom. The normalized spacial score (nSPS) is 14.7. The van der Waals surface area contributed by atoms with E-state index in [2.05, 4.69) is 19.9 Å². The lowest BCUT2D eigenvalue weighted by atomic mass is 9.94. The molecule has 1 aromatic carbocycles. The van der Waals surface area contributed by atoms with Gasteiger partial charge in [-0.3, -0.25) is 0 Å². The fraction of sp³-hybridized carbons (Fsp3) is 0.333. The van der Waals surface area contributed by atoms with Gasteiger partial charge in [0.2, 0.25) is 0 Å². The van der Waals surface area contributed by atoms with Gasteiger partial charge in [0.15, 0.2) is 0 Å². The highest BCUT2D eigenvalue weighted by molar-refractivity contribution is 5.73. The van der Waals surface area contributed by atoms with Gasteiger partial charge in [-0.2, -0.15) is 0 Å². The summed E-state index contributed by atoms with van der Waals surface area (Å²) in [4.78, 5) is 0. The Bertz CT molecular complexity index is 369. The van der Waals surface area contributed by atoms with E-state index in [1.807, 2.05) is 24.3 Å². The number of fused-ring (bicyclic) bond motifs is 1. The molecule has 0 amide bonds. The predicted octanol–water partition coefficient (Wildman–Crippen LogP) is 3.53. The highest BCUT2D eigenvalue weighted by Crippen LogP contribution is 2.32. The van der Waals surface area contributed by atoms with Crippen LogP contribution in [0.1, 0.15) is 30.9 Å². The van der Waals surface area contributed by atoms with E-state index in [1.54, 1.807) is 0 Å². The van der Waals surface area contributed by atoms with Crippen LogP contribution in [0.15, 0.2) is 24.3 Å². The molecular weight excluding hydrogens is 177 g/mol. The van der Waals surface area contributed by atoms with E-state index in [0.717, 1.165) is 10.7 Å². The van der Waals surface area contributed by atoms with Gasteiger partial charge in [0.1, 0.15) is 0 Å². The number of halogens is 1. The zero-order chi connectivity index (χ0) is 10.1. The summed E-state index contributed by atoms with van der Waals surface area (Å²) in [7, 11) is 0. The second-order valence-electron chi connectivity index (χ2n) is 3.88. The molecule has 2 rings (SSSR count). The molecule has 0 radical (unpaired) electrons. The maximum atomic E-state index is 13.4. The molecule has 1 nitrogen and oxygen atoms in total. The summed E-state index contributed by atoms with van der Waals surface area (Å²) in [6, 6.07) is 5.80. The molecule has 1 aliphatic heterocycles. The van der Waals surface area contributed by atoms with Crippen molar-refractivity contribution in [1.82, 2.24) is 0 Å². The number of hydrogen-bond donors (Lipinski definition) is 0. The van der Waals surface area contributed by atoms with Crippen LogP contribution in [0.25, 0.3) is 6.08 Å². The fourth-order valence-corrected chi connectivity index (χ4v) is 1.83. The Kier molecular flexibility index (Phi) is 2.28. The van der Waals surface area contributed by atoms with E-state index < -0.39 is 0 Å². The second kappa shape index (κ2) is 3.45. The molecule has 0 aliphatic carbocycles. The Hall–Kier alpha value is -1.31. The van der Waals surface area contributed by atoms with Gasteiger partial charge in [-0.25, -0.2) is 5.12 Å². The average Bonchev–Trinajstić information content (AvgIpc) is 2.17. The first-order chi connectivity index (χ1) is 6.70. The third kappa shape index (κ3) is 1.41. The molecule has 0 spiro atoms. The molecule has 1 heterocycles. The number of hydrogen-bond acceptors (Lipinski definition) is 1. The van der Waals surface area contributed by atoms with Crippen LogP contribution in [0.5, 0.6) is 0 Å². The molecule has 0 atom stereocenters. The average molecular weight is 191 g/mol. The summed E-state index contributed by atoms with van der Waals surface area (Å²) in [5.74, 6) is 0.432. The van der Waals surface area contributed by atoms with Crippen molar-refractivity contribution in [2.24, 2.45) is 0 Å². The molecule has 0 unspecified atom stereocenters. The number of rotatable bonds is 1. The van der Waals surface area contributed by atoms with Gasteiger partial charge in [0, 0.05) is 5.56 Å². The largest absolute Gasteiger partial charge is 0.207 e. The summed E-state index contributed by atoms with van der Waals surface area (Å²) in [5.41, 5.74) is 2.93. The van der Waals surface area contributed by atoms with Crippen molar-refractivity contribution in [3.63, 3.8) is 0 Å². The van der Waals surface area contributed by atoms with E-state index in [1.165, 1.54) is 5.56 Å². The van der Waals surface area contributed by atoms with E-state index in [-0.39, 0.29) is 0 Å². The lowest BCUT2D eigenvalue weighted by Crippen LogP contribution is -2.16. The minimum Gasteiger partial charge on any atom is -0.207 e. The van der Waals surface area contributed by atoms with Crippen molar-refractivity contribution in [3.05, 3.63) is 35.4 Å². The molecule has 0 aromatic heterocycles. The number of anilines is 1. The zero-order valence-electron chi connectivity index (χ0n) is 8.50. The summed E-state index contributed by atoms with van der Waals surface area (Å²) in [6.07, 6.45) is 3.87. The highest BCUT2D eigenvalue weighted by Gasteiger charge is 2.16. The number of nitrogens with zero attached hydrogens (tertiary/aromatic N) is 1. The van der Waals surface area contributed by atoms with Crippen LogP contribution >= 0.6 is 0 Å². The molecule has 0 N–H and O–H groups in total. The van der Waals surface area contributed by atoms with Crippen molar-refractivity contribution in [2.45, 2.75) is 19.8 Å². The van der Waals surface area contributed by atoms with Gasteiger partial charge in [-0.15, -0.1) is 0 Å². The van der Waals surface area contributed by atoms with Crippen LogP contribution in [0.2, 0.25) is 0 Å². The minimum absolute atomic E-state index is 0.356. The van der Waals surface area contributed by atoms with Gasteiger partial charge in [0.25, 0.3) is 0 Å². The van der Waals surface area contributed by atoms with E-state index >= 15 is 0 Å². The third-order valence-electron chi connectivity index (χ3n) is 2.55. The first-order valence-electron chi connectivity index (χ1n) is 4.93. The van der Waals surface area contributed by atoms with Gasteiger partial charge in [-0.1, -0.05) is 42.6 Å². The van der Waals surface area contributed by atoms with Crippen molar-refractivity contribution in [2.75, 3.05) is 11.7 Å². The maximum absolute atomic E-state index is 13.4. The van der Waals surface area contributed by atoms with Gasteiger partial charge < -0.3 is 0 Å². The lowest BCUT2D eigenvalue weighted by molar-refractivity contribution is 0.453. The van der Waals surface area contributed by atoms with Crippen LogP contribution < -0.4 is 5.12 Å². The molecular formula is C12H14FN. The lowest BCUT2D eigenvalue weighted by Gasteiger charge is -2.22. The standard InChI is InChI=1S/C12H14FN/c1-9(2)10-5-3-7-12-11(10)6-4-8-14(12)13/h3-7,9H,8H2,1-2H3. The van der Waals surface area contributed by atoms with Crippen molar-refractivity contribution in [3.8, 4) is 0 Å². The monoisotopic (exact) mass is 191 g/mol. The molecule has 1 aromatic rings. The second-order valence-corrected chi connectivity index (χ2v) is 3.88. The Balaban J connectivity index is 2.57. The maximum Gasteiger partial charge on any atom is 0.0766 e. The molecule has 14 heavy (non-hydrogen) atoms. The summed E-state index contributed by atoms with van der Waals surface area (Å²) >= 11 is 0. The van der Waals surface area contributed by atoms with E-state index in [9.17, 15) is 4.48 Å². The summed E-state index contributed by atoms with van der Waals surface area (Å²) in [5, 5.41) is 0.793. The van der Waals surface area contributed by atoms with Crippen molar-refractivity contribution >= 4 is 11.8 Å². The fourth-order valence-electron chi connectivity index (χ4n) is 1.83. The number of benzene rings is 1. The Morgan fingerprint density at radius 3 is 2.86 bits per heavy atom. The topological polar surface area (TPSA) is 3.24 Å². The van der Waals surface area contributed by atoms with Crippen LogP contribution in [0, 0.1) is 0 Å². The molecule has 0 saturated heterocycles. The molecule has 1 aliphatic rings. The minimum atomic E-state index is 0.356. The van der Waals surface area contributed by atoms with E-state index in [0.29, 0.717) is 18.2 Å². The molecule has 2 heteroatoms. The SMILES string of the molecule is CC(C)c1cccc2c1C=CCN2F. The smallest absolute Gasteiger partial charge is 0.0766 e. The summed E-state index contributed by atoms with van der Waals surface area (Å²) < 4.78 is 13.4. The van der Waals surface area contributed by atoms with Gasteiger partial charge in [0.05, 0.1) is 12.2 Å². The van der Waals surface area contributed by atoms with Crippen molar-refractivity contribution < 1.29 is 4.48 Å². The van der Waals surface area contributed by atoms with E-state index in [4.69, 9.17) is 0 Å². The molecule has 0 saturated carbocycles. The quantitative estimate of drug-likeness (QED) is 0.614. The Labute approximate surface area is 83.8 Å². The molecule has 74 valence electrons. The third-order valence-corrected chi connectivity index (χ3v) is 2.55. The van der Waals surface area contributed by atoms with Crippen LogP contribution in [0.4, 0.5) is 10.2 Å². The van der Waals surface area contributed by atoms with Gasteiger partial charge >= 0.3 is 0 Å². The van der Waals surface area contributed by atoms with Crippen LogP contribution in [0.3, 0.4) is 0 Å². The summed E-state index contributed by atoms with van der Waals surface area (Å²) in [6.45, 7) is 4.61. The predicted molar refractivity (Wildman–Crippen MR) is 58.0 cm³/mol. The highest BCUT2D eigenvalue weighted by atomic mass is 19.2. The first-order valence-corrected chi connectivity index (χ1v) is 4.93. The zero-order valence-corrected chi connectivity index (χ0v) is 8.50. The Morgan fingerprint density at radius 1 is 1.36 bits per heavy atom. The van der Waals surface area contributed by atoms with Crippen LogP contribution in [-0.4, -0.2) is 6.54 Å².